The predicted molar refractivity (Wildman–Crippen MR) is 63.6 cm³/mol. The largest absolute Gasteiger partial charge is 0.325 e. The van der Waals surface area contributed by atoms with Crippen LogP contribution < -0.4 is 5.73 Å². The third-order valence-electron chi connectivity index (χ3n) is 3.34. The van der Waals surface area contributed by atoms with E-state index in [1.54, 1.807) is 0 Å². The maximum atomic E-state index is 6.26. The van der Waals surface area contributed by atoms with E-state index in [0.29, 0.717) is 4.49 Å². The molecule has 1 aliphatic carbocycles. The van der Waals surface area contributed by atoms with Crippen LogP contribution in [0.5, 0.6) is 0 Å². The average molecular weight is 236 g/mol. The topological polar surface area (TPSA) is 26.0 Å². The highest BCUT2D eigenvalue weighted by atomic mass is 35.5. The van der Waals surface area contributed by atoms with E-state index in [2.05, 4.69) is 6.92 Å². The van der Waals surface area contributed by atoms with Crippen LogP contribution in [-0.4, -0.2) is 5.54 Å². The molecule has 0 aromatic carbocycles. The second kappa shape index (κ2) is 5.39. The normalized spacial score (nSPS) is 32.7. The molecule has 82 valence electrons. The first-order valence-electron chi connectivity index (χ1n) is 5.36. The number of nitrogens with two attached hydrogens (primary N) is 1. The minimum atomic E-state index is -0.0549. The molecule has 1 aliphatic rings. The van der Waals surface area contributed by atoms with Gasteiger partial charge in [0.05, 0.1) is 0 Å². The first kappa shape index (κ1) is 12.4. The Labute approximate surface area is 96.6 Å². The molecule has 2 N–H and O–H groups in total. The molecule has 0 unspecified atom stereocenters. The number of hydrogen-bond donors (Lipinski definition) is 1. The highest BCUT2D eigenvalue weighted by Gasteiger charge is 2.29. The predicted octanol–water partition coefficient (Wildman–Crippen LogP) is 3.99. The Kier molecular flexibility index (Phi) is 4.75. The minimum absolute atomic E-state index is 0.0549. The van der Waals surface area contributed by atoms with Crippen molar-refractivity contribution in [1.82, 2.24) is 0 Å². The molecule has 0 aliphatic heterocycles. The fourth-order valence-electron chi connectivity index (χ4n) is 2.15. The van der Waals surface area contributed by atoms with Gasteiger partial charge in [0.1, 0.15) is 4.49 Å². The van der Waals surface area contributed by atoms with Crippen LogP contribution in [0.2, 0.25) is 0 Å². The van der Waals surface area contributed by atoms with Crippen molar-refractivity contribution >= 4 is 23.2 Å². The Bertz CT molecular complexity index is 201. The Hall–Kier alpha value is 0.280. The highest BCUT2D eigenvalue weighted by molar-refractivity contribution is 6.55. The summed E-state index contributed by atoms with van der Waals surface area (Å²) in [5.74, 6) is 0.877. The van der Waals surface area contributed by atoms with Crippen molar-refractivity contribution in [2.45, 2.75) is 51.0 Å². The minimum Gasteiger partial charge on any atom is -0.325 e. The summed E-state index contributed by atoms with van der Waals surface area (Å²) in [6.45, 7) is 2.25. The lowest BCUT2D eigenvalue weighted by Gasteiger charge is -2.36. The van der Waals surface area contributed by atoms with Crippen molar-refractivity contribution in [2.75, 3.05) is 0 Å². The van der Waals surface area contributed by atoms with Crippen molar-refractivity contribution in [3.05, 3.63) is 10.6 Å². The number of rotatable bonds is 3. The van der Waals surface area contributed by atoms with Gasteiger partial charge in [0, 0.05) is 5.54 Å². The van der Waals surface area contributed by atoms with Crippen LogP contribution in [0.1, 0.15) is 45.4 Å². The third-order valence-corrected chi connectivity index (χ3v) is 3.65. The molecule has 1 rings (SSSR count). The average Bonchev–Trinajstić information content (AvgIpc) is 2.16. The molecule has 0 aromatic heterocycles. The van der Waals surface area contributed by atoms with Gasteiger partial charge in [-0.1, -0.05) is 42.6 Å². The summed E-state index contributed by atoms with van der Waals surface area (Å²) in [6, 6.07) is 0. The van der Waals surface area contributed by atoms with Crippen LogP contribution in [0.15, 0.2) is 10.6 Å². The van der Waals surface area contributed by atoms with E-state index < -0.39 is 0 Å². The Morgan fingerprint density at radius 2 is 2.00 bits per heavy atom. The van der Waals surface area contributed by atoms with E-state index in [1.165, 1.54) is 19.3 Å². The zero-order chi connectivity index (χ0) is 10.6. The van der Waals surface area contributed by atoms with Crippen molar-refractivity contribution < 1.29 is 0 Å². The molecule has 0 spiro atoms. The molecule has 0 atom stereocenters. The Balaban J connectivity index is 2.41. The Morgan fingerprint density at radius 1 is 1.43 bits per heavy atom. The molecule has 0 amide bonds. The second-order valence-corrected chi connectivity index (χ2v) is 5.42. The van der Waals surface area contributed by atoms with Gasteiger partial charge in [-0.05, 0) is 38.0 Å². The van der Waals surface area contributed by atoms with Crippen LogP contribution in [-0.2, 0) is 0 Å². The highest BCUT2D eigenvalue weighted by Crippen LogP contribution is 2.34. The van der Waals surface area contributed by atoms with Crippen LogP contribution in [0.3, 0.4) is 0 Å². The summed E-state index contributed by atoms with van der Waals surface area (Å²) in [6.07, 6.45) is 8.62. The summed E-state index contributed by atoms with van der Waals surface area (Å²) in [4.78, 5) is 0. The fourth-order valence-corrected chi connectivity index (χ4v) is 2.30. The summed E-state index contributed by atoms with van der Waals surface area (Å²) in [5.41, 5.74) is 6.21. The van der Waals surface area contributed by atoms with Gasteiger partial charge in [-0.2, -0.15) is 0 Å². The van der Waals surface area contributed by atoms with Crippen LogP contribution >= 0.6 is 23.2 Å². The van der Waals surface area contributed by atoms with Gasteiger partial charge in [0.2, 0.25) is 0 Å². The number of halogens is 2. The molecule has 14 heavy (non-hydrogen) atoms. The molecule has 3 heteroatoms. The van der Waals surface area contributed by atoms with Gasteiger partial charge >= 0.3 is 0 Å². The van der Waals surface area contributed by atoms with Gasteiger partial charge in [-0.15, -0.1) is 0 Å². The zero-order valence-corrected chi connectivity index (χ0v) is 10.2. The maximum Gasteiger partial charge on any atom is 0.102 e. The zero-order valence-electron chi connectivity index (χ0n) is 8.73. The van der Waals surface area contributed by atoms with E-state index in [4.69, 9.17) is 28.9 Å². The first-order chi connectivity index (χ1) is 6.56. The smallest absolute Gasteiger partial charge is 0.102 e. The van der Waals surface area contributed by atoms with E-state index in [1.807, 2.05) is 6.08 Å². The molecule has 0 heterocycles. The lowest BCUT2D eigenvalue weighted by Crippen LogP contribution is -2.42. The lowest BCUT2D eigenvalue weighted by atomic mass is 9.75. The van der Waals surface area contributed by atoms with Gasteiger partial charge in [-0.25, -0.2) is 0 Å². The van der Waals surface area contributed by atoms with Crippen LogP contribution in [0, 0.1) is 5.92 Å². The van der Waals surface area contributed by atoms with Crippen molar-refractivity contribution in [2.24, 2.45) is 11.7 Å². The molecule has 0 radical (unpaired) electrons. The Morgan fingerprint density at radius 3 is 2.43 bits per heavy atom. The summed E-state index contributed by atoms with van der Waals surface area (Å²) >= 11 is 11.2. The molecule has 1 fully saturated rings. The SMILES string of the molecule is CCC1CCC(N)(CC=C(Cl)Cl)CC1. The van der Waals surface area contributed by atoms with Gasteiger partial charge in [0.15, 0.2) is 0 Å². The van der Waals surface area contributed by atoms with Gasteiger partial charge < -0.3 is 5.73 Å². The second-order valence-electron chi connectivity index (χ2n) is 4.41. The quantitative estimate of drug-likeness (QED) is 0.787. The molecule has 1 saturated carbocycles. The molecular formula is C11H19Cl2N. The van der Waals surface area contributed by atoms with E-state index in [0.717, 1.165) is 25.2 Å². The van der Waals surface area contributed by atoms with Crippen LogP contribution in [0.4, 0.5) is 0 Å². The molecule has 0 aromatic rings. The number of hydrogen-bond acceptors (Lipinski definition) is 1. The summed E-state index contributed by atoms with van der Waals surface area (Å²) in [5, 5.41) is 0. The van der Waals surface area contributed by atoms with E-state index in [-0.39, 0.29) is 5.54 Å². The van der Waals surface area contributed by atoms with Crippen molar-refractivity contribution in [1.29, 1.82) is 0 Å². The van der Waals surface area contributed by atoms with Gasteiger partial charge in [-0.3, -0.25) is 0 Å². The standard InChI is InChI=1S/C11H19Cl2N/c1-2-9-3-6-11(14,7-4-9)8-5-10(12)13/h5,9H,2-4,6-8,14H2,1H3. The van der Waals surface area contributed by atoms with E-state index in [9.17, 15) is 0 Å². The summed E-state index contributed by atoms with van der Waals surface area (Å²) < 4.78 is 0.340. The first-order valence-corrected chi connectivity index (χ1v) is 6.11. The lowest BCUT2D eigenvalue weighted by molar-refractivity contribution is 0.231. The van der Waals surface area contributed by atoms with Crippen molar-refractivity contribution in [3.63, 3.8) is 0 Å². The molecule has 0 saturated heterocycles. The maximum absolute atomic E-state index is 6.26. The monoisotopic (exact) mass is 235 g/mol. The van der Waals surface area contributed by atoms with Crippen molar-refractivity contribution in [3.8, 4) is 0 Å². The fraction of sp³-hybridized carbons (Fsp3) is 0.818. The molecule has 0 bridgehead atoms. The van der Waals surface area contributed by atoms with Crippen LogP contribution in [0.25, 0.3) is 0 Å². The third kappa shape index (κ3) is 3.80. The van der Waals surface area contributed by atoms with E-state index >= 15 is 0 Å². The summed E-state index contributed by atoms with van der Waals surface area (Å²) in [7, 11) is 0. The molecule has 1 nitrogen and oxygen atoms in total. The van der Waals surface area contributed by atoms with Gasteiger partial charge in [0.25, 0.3) is 0 Å². The molecular weight excluding hydrogens is 217 g/mol.